The molecular formula is C24H48O4. The molecule has 1 saturated carbocycles. The number of hydrogen-bond donors (Lipinski definition) is 2. The molecule has 4 nitrogen and oxygen atoms in total. The fraction of sp³-hybridized carbons (Fsp3) is 1.00. The van der Waals surface area contributed by atoms with Crippen LogP contribution in [0.2, 0.25) is 0 Å². The molecule has 0 heterocycles. The largest absolute Gasteiger partial charge is 0.393 e. The van der Waals surface area contributed by atoms with Crippen LogP contribution in [0.5, 0.6) is 0 Å². The molecule has 1 fully saturated rings. The Hall–Kier alpha value is -0.160. The highest BCUT2D eigenvalue weighted by molar-refractivity contribution is 4.72. The highest BCUT2D eigenvalue weighted by Crippen LogP contribution is 2.29. The van der Waals surface area contributed by atoms with Crippen molar-refractivity contribution in [1.29, 1.82) is 0 Å². The van der Waals surface area contributed by atoms with E-state index in [4.69, 9.17) is 9.47 Å². The minimum Gasteiger partial charge on any atom is -0.393 e. The minimum absolute atomic E-state index is 0.194. The molecule has 0 aromatic carbocycles. The first-order chi connectivity index (χ1) is 13.3. The van der Waals surface area contributed by atoms with Crippen LogP contribution in [-0.4, -0.2) is 48.3 Å². The lowest BCUT2D eigenvalue weighted by Gasteiger charge is -2.28. The molecule has 0 saturated heterocycles. The quantitative estimate of drug-likeness (QED) is 0.371. The standard InChI is InChI=1S/C24H48O4/c1-6-22-11-13-24(14-12-22)28-17-23(26)16-27-15-7-8-18(2)21(5)19(3)9-10-20(4)25/h18-26H,6-17H2,1-5H3/t18-,19?,20?,21+,22?,23+,24?/m1/s1. The lowest BCUT2D eigenvalue weighted by molar-refractivity contribution is -0.0569. The van der Waals surface area contributed by atoms with Crippen LogP contribution in [0.3, 0.4) is 0 Å². The molecule has 0 aromatic heterocycles. The van der Waals surface area contributed by atoms with E-state index in [1.54, 1.807) is 0 Å². The molecule has 1 aliphatic carbocycles. The van der Waals surface area contributed by atoms with Crippen molar-refractivity contribution in [3.05, 3.63) is 0 Å². The van der Waals surface area contributed by atoms with Gasteiger partial charge in [0.05, 0.1) is 25.4 Å². The van der Waals surface area contributed by atoms with Crippen molar-refractivity contribution >= 4 is 0 Å². The molecule has 0 spiro atoms. The van der Waals surface area contributed by atoms with E-state index >= 15 is 0 Å². The van der Waals surface area contributed by atoms with Crippen LogP contribution in [0, 0.1) is 23.7 Å². The summed E-state index contributed by atoms with van der Waals surface area (Å²) in [5, 5.41) is 19.5. The first-order valence-corrected chi connectivity index (χ1v) is 11.9. The number of rotatable bonds is 15. The lowest BCUT2D eigenvalue weighted by atomic mass is 9.80. The smallest absolute Gasteiger partial charge is 0.101 e. The second kappa shape index (κ2) is 14.8. The van der Waals surface area contributed by atoms with E-state index in [0.717, 1.165) is 44.4 Å². The molecule has 0 amide bonds. The second-order valence-corrected chi connectivity index (χ2v) is 9.50. The van der Waals surface area contributed by atoms with Crippen LogP contribution in [0.25, 0.3) is 0 Å². The SMILES string of the molecule is CCC1CCC(OC[C@@H](O)COCCC[C@@H](C)[C@H](C)C(C)CCC(C)O)CC1. The average molecular weight is 401 g/mol. The molecule has 1 rings (SSSR count). The van der Waals surface area contributed by atoms with Gasteiger partial charge in [-0.1, -0.05) is 34.1 Å². The van der Waals surface area contributed by atoms with Crippen molar-refractivity contribution in [2.75, 3.05) is 19.8 Å². The van der Waals surface area contributed by atoms with Crippen LogP contribution in [0.15, 0.2) is 0 Å². The number of hydrogen-bond acceptors (Lipinski definition) is 4. The van der Waals surface area contributed by atoms with Gasteiger partial charge in [0.15, 0.2) is 0 Å². The molecule has 0 radical (unpaired) electrons. The monoisotopic (exact) mass is 400 g/mol. The zero-order valence-corrected chi connectivity index (χ0v) is 19.2. The summed E-state index contributed by atoms with van der Waals surface area (Å²) in [5.41, 5.74) is 0. The normalized spacial score (nSPS) is 25.8. The number of aliphatic hydroxyl groups is 2. The number of aliphatic hydroxyl groups excluding tert-OH is 2. The molecule has 28 heavy (non-hydrogen) atoms. The molecule has 168 valence electrons. The van der Waals surface area contributed by atoms with E-state index in [1.165, 1.54) is 19.3 Å². The highest BCUT2D eigenvalue weighted by Gasteiger charge is 2.21. The predicted octanol–water partition coefficient (Wildman–Crippen LogP) is 5.20. The Labute approximate surface area is 174 Å². The van der Waals surface area contributed by atoms with Crippen LogP contribution >= 0.6 is 0 Å². The molecule has 0 bridgehead atoms. The van der Waals surface area contributed by atoms with Crippen molar-refractivity contribution in [2.24, 2.45) is 23.7 Å². The van der Waals surface area contributed by atoms with Crippen LogP contribution in [-0.2, 0) is 9.47 Å². The molecular weight excluding hydrogens is 352 g/mol. The first-order valence-electron chi connectivity index (χ1n) is 11.9. The zero-order chi connectivity index (χ0) is 20.9. The zero-order valence-electron chi connectivity index (χ0n) is 19.2. The van der Waals surface area contributed by atoms with Crippen LogP contribution in [0.4, 0.5) is 0 Å². The van der Waals surface area contributed by atoms with Crippen LogP contribution < -0.4 is 0 Å². The topological polar surface area (TPSA) is 58.9 Å². The van der Waals surface area contributed by atoms with E-state index in [0.29, 0.717) is 43.7 Å². The maximum atomic E-state index is 10.1. The summed E-state index contributed by atoms with van der Waals surface area (Å²) >= 11 is 0. The van der Waals surface area contributed by atoms with Gasteiger partial charge in [-0.2, -0.15) is 0 Å². The molecule has 0 aliphatic heterocycles. The van der Waals surface area contributed by atoms with Crippen LogP contribution in [0.1, 0.15) is 92.4 Å². The van der Waals surface area contributed by atoms with Gasteiger partial charge in [-0.3, -0.25) is 0 Å². The highest BCUT2D eigenvalue weighted by atomic mass is 16.5. The Balaban J connectivity index is 2.03. The van der Waals surface area contributed by atoms with Gasteiger partial charge in [0, 0.05) is 6.61 Å². The fourth-order valence-electron chi connectivity index (χ4n) is 4.32. The maximum Gasteiger partial charge on any atom is 0.101 e. The Morgan fingerprint density at radius 3 is 2.11 bits per heavy atom. The third kappa shape index (κ3) is 11.1. The van der Waals surface area contributed by atoms with E-state index in [1.807, 2.05) is 6.92 Å². The van der Waals surface area contributed by atoms with Crippen molar-refractivity contribution < 1.29 is 19.7 Å². The van der Waals surface area contributed by atoms with Crippen molar-refractivity contribution in [3.63, 3.8) is 0 Å². The van der Waals surface area contributed by atoms with E-state index < -0.39 is 6.10 Å². The summed E-state index contributed by atoms with van der Waals surface area (Å²) in [5.74, 6) is 2.82. The van der Waals surface area contributed by atoms with Crippen molar-refractivity contribution in [1.82, 2.24) is 0 Å². The average Bonchev–Trinajstić information content (AvgIpc) is 2.69. The Morgan fingerprint density at radius 1 is 0.857 bits per heavy atom. The van der Waals surface area contributed by atoms with E-state index in [-0.39, 0.29) is 6.10 Å². The summed E-state index contributed by atoms with van der Waals surface area (Å²) in [7, 11) is 0. The van der Waals surface area contributed by atoms with Gasteiger partial charge >= 0.3 is 0 Å². The van der Waals surface area contributed by atoms with Gasteiger partial charge in [-0.15, -0.1) is 0 Å². The molecule has 0 aromatic rings. The minimum atomic E-state index is -0.513. The molecule has 4 heteroatoms. The summed E-state index contributed by atoms with van der Waals surface area (Å²) < 4.78 is 11.6. The van der Waals surface area contributed by atoms with Crippen molar-refractivity contribution in [3.8, 4) is 0 Å². The predicted molar refractivity (Wildman–Crippen MR) is 116 cm³/mol. The number of ether oxygens (including phenoxy) is 2. The van der Waals surface area contributed by atoms with E-state index in [2.05, 4.69) is 27.7 Å². The fourth-order valence-corrected chi connectivity index (χ4v) is 4.32. The van der Waals surface area contributed by atoms with Gasteiger partial charge in [-0.25, -0.2) is 0 Å². The molecule has 1 aliphatic rings. The maximum absolute atomic E-state index is 10.1. The summed E-state index contributed by atoms with van der Waals surface area (Å²) in [6.45, 7) is 12.6. The molecule has 5 atom stereocenters. The molecule has 2 N–H and O–H groups in total. The molecule has 2 unspecified atom stereocenters. The van der Waals surface area contributed by atoms with Gasteiger partial charge in [0.25, 0.3) is 0 Å². The van der Waals surface area contributed by atoms with Gasteiger partial charge in [0.1, 0.15) is 6.10 Å². The first kappa shape index (κ1) is 25.9. The van der Waals surface area contributed by atoms with E-state index in [9.17, 15) is 10.2 Å². The summed E-state index contributed by atoms with van der Waals surface area (Å²) in [6.07, 6.45) is 9.86. The Bertz CT molecular complexity index is 366. The summed E-state index contributed by atoms with van der Waals surface area (Å²) in [4.78, 5) is 0. The lowest BCUT2D eigenvalue weighted by Crippen LogP contribution is -2.28. The van der Waals surface area contributed by atoms with Crippen molar-refractivity contribution in [2.45, 2.75) is 111 Å². The van der Waals surface area contributed by atoms with Gasteiger partial charge in [-0.05, 0) is 82.0 Å². The Kier molecular flexibility index (Phi) is 13.6. The third-order valence-corrected chi connectivity index (χ3v) is 6.99. The summed E-state index contributed by atoms with van der Waals surface area (Å²) in [6, 6.07) is 0. The third-order valence-electron chi connectivity index (χ3n) is 6.99. The van der Waals surface area contributed by atoms with Gasteiger partial charge in [0.2, 0.25) is 0 Å². The van der Waals surface area contributed by atoms with Gasteiger partial charge < -0.3 is 19.7 Å². The Morgan fingerprint density at radius 2 is 1.50 bits per heavy atom. The second-order valence-electron chi connectivity index (χ2n) is 9.50.